The highest BCUT2D eigenvalue weighted by molar-refractivity contribution is 8.26. The second kappa shape index (κ2) is 10.1. The Morgan fingerprint density at radius 3 is 2.61 bits per heavy atom. The Morgan fingerprint density at radius 1 is 1.16 bits per heavy atom. The first kappa shape index (κ1) is 22.2. The summed E-state index contributed by atoms with van der Waals surface area (Å²) in [4.78, 5) is 15.6. The van der Waals surface area contributed by atoms with Crippen LogP contribution in [0.4, 0.5) is 0 Å². The molecule has 1 saturated carbocycles. The maximum absolute atomic E-state index is 13.1. The van der Waals surface area contributed by atoms with Crippen molar-refractivity contribution in [2.75, 3.05) is 7.11 Å². The second-order valence-corrected chi connectivity index (χ2v) is 9.75. The monoisotopic (exact) mass is 473 g/mol. The maximum atomic E-state index is 13.1. The lowest BCUT2D eigenvalue weighted by atomic mass is 9.94. The number of thioether (sulfide) groups is 1. The summed E-state index contributed by atoms with van der Waals surface area (Å²) in [5, 5.41) is 0.689. The van der Waals surface area contributed by atoms with Crippen LogP contribution in [0.15, 0.2) is 47.4 Å². The lowest BCUT2D eigenvalue weighted by molar-refractivity contribution is -0.124. The van der Waals surface area contributed by atoms with Gasteiger partial charge in [0.15, 0.2) is 11.5 Å². The fraction of sp³-hybridized carbons (Fsp3) is 0.333. The van der Waals surface area contributed by atoms with Crippen LogP contribution in [0.2, 0.25) is 5.02 Å². The van der Waals surface area contributed by atoms with E-state index in [-0.39, 0.29) is 11.9 Å². The van der Waals surface area contributed by atoms with Crippen LogP contribution in [0.5, 0.6) is 11.5 Å². The molecule has 0 unspecified atom stereocenters. The zero-order valence-corrected chi connectivity index (χ0v) is 19.7. The number of para-hydroxylation sites is 1. The van der Waals surface area contributed by atoms with E-state index in [1.807, 2.05) is 53.4 Å². The summed E-state index contributed by atoms with van der Waals surface area (Å²) in [6.45, 7) is 0.390. The van der Waals surface area contributed by atoms with Gasteiger partial charge in [0.05, 0.1) is 12.0 Å². The van der Waals surface area contributed by atoms with Crippen molar-refractivity contribution in [2.24, 2.45) is 0 Å². The molecule has 0 N–H and O–H groups in total. The molecule has 7 heteroatoms. The average molecular weight is 474 g/mol. The predicted octanol–water partition coefficient (Wildman–Crippen LogP) is 6.46. The number of carbonyl (C=O) groups is 1. The third-order valence-corrected chi connectivity index (χ3v) is 7.15. The minimum Gasteiger partial charge on any atom is -0.492 e. The predicted molar refractivity (Wildman–Crippen MR) is 131 cm³/mol. The van der Waals surface area contributed by atoms with E-state index >= 15 is 0 Å². The van der Waals surface area contributed by atoms with Gasteiger partial charge in [-0.15, -0.1) is 0 Å². The molecular formula is C24H24ClNO3S2. The van der Waals surface area contributed by atoms with Gasteiger partial charge in [-0.1, -0.05) is 79.1 Å². The van der Waals surface area contributed by atoms with E-state index in [0.717, 1.165) is 36.8 Å². The quantitative estimate of drug-likeness (QED) is 0.355. The molecule has 1 aliphatic heterocycles. The van der Waals surface area contributed by atoms with Crippen molar-refractivity contribution < 1.29 is 14.3 Å². The van der Waals surface area contributed by atoms with E-state index in [4.69, 9.17) is 33.3 Å². The average Bonchev–Trinajstić information content (AvgIpc) is 3.06. The van der Waals surface area contributed by atoms with Gasteiger partial charge in [0.1, 0.15) is 10.9 Å². The zero-order valence-electron chi connectivity index (χ0n) is 17.3. The Balaban J connectivity index is 1.54. The van der Waals surface area contributed by atoms with Crippen LogP contribution in [0, 0.1) is 0 Å². The summed E-state index contributed by atoms with van der Waals surface area (Å²) in [5.74, 6) is 1.21. The van der Waals surface area contributed by atoms with Crippen LogP contribution in [0.25, 0.3) is 6.08 Å². The zero-order chi connectivity index (χ0) is 21.8. The van der Waals surface area contributed by atoms with Gasteiger partial charge in [-0.05, 0) is 42.7 Å². The minimum atomic E-state index is -0.00330. The van der Waals surface area contributed by atoms with E-state index in [2.05, 4.69) is 0 Å². The molecular weight excluding hydrogens is 450 g/mol. The number of hydrogen-bond donors (Lipinski definition) is 0. The van der Waals surface area contributed by atoms with Gasteiger partial charge in [-0.3, -0.25) is 9.69 Å². The lowest BCUT2D eigenvalue weighted by Crippen LogP contribution is -2.39. The Hall–Kier alpha value is -2.02. The molecule has 4 nitrogen and oxygen atoms in total. The summed E-state index contributed by atoms with van der Waals surface area (Å²) in [6, 6.07) is 13.4. The van der Waals surface area contributed by atoms with Gasteiger partial charge in [0.2, 0.25) is 0 Å². The van der Waals surface area contributed by atoms with E-state index in [1.54, 1.807) is 7.11 Å². The van der Waals surface area contributed by atoms with Gasteiger partial charge < -0.3 is 9.47 Å². The van der Waals surface area contributed by atoms with E-state index in [9.17, 15) is 4.79 Å². The van der Waals surface area contributed by atoms with Crippen molar-refractivity contribution in [3.05, 3.63) is 63.5 Å². The summed E-state index contributed by atoms with van der Waals surface area (Å²) >= 11 is 12.9. The van der Waals surface area contributed by atoms with Crippen molar-refractivity contribution in [2.45, 2.75) is 44.8 Å². The fourth-order valence-electron chi connectivity index (χ4n) is 4.00. The van der Waals surface area contributed by atoms with Crippen LogP contribution in [-0.2, 0) is 11.4 Å². The third kappa shape index (κ3) is 5.08. The van der Waals surface area contributed by atoms with Crippen LogP contribution < -0.4 is 9.47 Å². The number of methoxy groups -OCH3 is 1. The number of carbonyl (C=O) groups excluding carboxylic acids is 1. The number of benzene rings is 2. The second-order valence-electron chi connectivity index (χ2n) is 7.64. The standard InChI is InChI=1S/C24H24ClNO3S2/c1-28-22-17(6-5-9-20(22)29-15-16-10-12-18(25)13-11-16)14-21-23(27)26(24(30)31-21)19-7-3-2-4-8-19/h5-6,9-14,19H,2-4,7-8,15H2,1H3/b21-14-. The number of ether oxygens (including phenoxy) is 2. The highest BCUT2D eigenvalue weighted by Gasteiger charge is 2.37. The van der Waals surface area contributed by atoms with Gasteiger partial charge in [-0.2, -0.15) is 0 Å². The minimum absolute atomic E-state index is 0.00330. The molecule has 0 aromatic heterocycles. The number of amides is 1. The molecule has 1 heterocycles. The highest BCUT2D eigenvalue weighted by Crippen LogP contribution is 2.40. The van der Waals surface area contributed by atoms with Crippen molar-refractivity contribution >= 4 is 51.9 Å². The summed E-state index contributed by atoms with van der Waals surface area (Å²) in [6.07, 6.45) is 7.45. The van der Waals surface area contributed by atoms with Crippen molar-refractivity contribution in [1.82, 2.24) is 4.90 Å². The first-order valence-electron chi connectivity index (χ1n) is 10.4. The fourth-order valence-corrected chi connectivity index (χ4v) is 5.51. The molecule has 2 aromatic rings. The number of halogens is 1. The van der Waals surface area contributed by atoms with Gasteiger partial charge in [0.25, 0.3) is 5.91 Å². The van der Waals surface area contributed by atoms with Gasteiger partial charge in [0, 0.05) is 16.6 Å². The molecule has 0 bridgehead atoms. The molecule has 2 aromatic carbocycles. The molecule has 0 spiro atoms. The van der Waals surface area contributed by atoms with Crippen molar-refractivity contribution in [1.29, 1.82) is 0 Å². The van der Waals surface area contributed by atoms with E-state index in [0.29, 0.717) is 32.4 Å². The van der Waals surface area contributed by atoms with Gasteiger partial charge in [-0.25, -0.2) is 0 Å². The summed E-state index contributed by atoms with van der Waals surface area (Å²) < 4.78 is 12.3. The Bertz CT molecular complexity index is 1000. The molecule has 2 fully saturated rings. The van der Waals surface area contributed by atoms with Crippen molar-refractivity contribution in [3.8, 4) is 11.5 Å². The van der Waals surface area contributed by atoms with E-state index < -0.39 is 0 Å². The molecule has 2 aliphatic rings. The smallest absolute Gasteiger partial charge is 0.266 e. The summed E-state index contributed by atoms with van der Waals surface area (Å²) in [5.41, 5.74) is 1.80. The third-order valence-electron chi connectivity index (χ3n) is 5.57. The van der Waals surface area contributed by atoms with Crippen LogP contribution in [0.3, 0.4) is 0 Å². The topological polar surface area (TPSA) is 38.8 Å². The maximum Gasteiger partial charge on any atom is 0.266 e. The normalized spacial score (nSPS) is 18.6. The SMILES string of the molecule is COc1c(/C=C2\SC(=S)N(C3CCCCC3)C2=O)cccc1OCc1ccc(Cl)cc1. The Labute approximate surface area is 197 Å². The number of nitrogens with zero attached hydrogens (tertiary/aromatic N) is 1. The Morgan fingerprint density at radius 2 is 1.90 bits per heavy atom. The van der Waals surface area contributed by atoms with Crippen LogP contribution in [-0.4, -0.2) is 28.3 Å². The molecule has 1 saturated heterocycles. The first-order valence-corrected chi connectivity index (χ1v) is 12.0. The highest BCUT2D eigenvalue weighted by atomic mass is 35.5. The Kier molecular flexibility index (Phi) is 7.20. The molecule has 4 rings (SSSR count). The number of rotatable bonds is 6. The van der Waals surface area contributed by atoms with E-state index in [1.165, 1.54) is 18.2 Å². The molecule has 162 valence electrons. The summed E-state index contributed by atoms with van der Waals surface area (Å²) in [7, 11) is 1.61. The molecule has 31 heavy (non-hydrogen) atoms. The van der Waals surface area contributed by atoms with Crippen LogP contribution in [0.1, 0.15) is 43.2 Å². The molecule has 1 aliphatic carbocycles. The molecule has 0 atom stereocenters. The van der Waals surface area contributed by atoms with Gasteiger partial charge >= 0.3 is 0 Å². The van der Waals surface area contributed by atoms with Crippen LogP contribution >= 0.6 is 35.6 Å². The first-order chi connectivity index (χ1) is 15.1. The number of thiocarbonyl (C=S) groups is 1. The lowest BCUT2D eigenvalue weighted by Gasteiger charge is -2.29. The molecule has 0 radical (unpaired) electrons. The largest absolute Gasteiger partial charge is 0.492 e. The number of hydrogen-bond acceptors (Lipinski definition) is 5. The molecule has 1 amide bonds. The van der Waals surface area contributed by atoms with Crippen molar-refractivity contribution in [3.63, 3.8) is 0 Å².